The molecule has 0 aliphatic carbocycles. The lowest BCUT2D eigenvalue weighted by Crippen LogP contribution is -2.30. The predicted octanol–water partition coefficient (Wildman–Crippen LogP) is 2.47. The molecule has 0 aromatic rings. The van der Waals surface area contributed by atoms with E-state index in [1.54, 1.807) is 5.54 Å². The first-order valence-corrected chi connectivity index (χ1v) is 5.65. The Balaban J connectivity index is 3.35. The van der Waals surface area contributed by atoms with Gasteiger partial charge in [-0.25, -0.2) is 0 Å². The van der Waals surface area contributed by atoms with Gasteiger partial charge >= 0.3 is 0 Å². The van der Waals surface area contributed by atoms with Crippen LogP contribution in [0.25, 0.3) is 0 Å². The second-order valence-electron chi connectivity index (χ2n) is 2.33. The Morgan fingerprint density at radius 2 is 2.36 bits per heavy atom. The van der Waals surface area contributed by atoms with Crippen LogP contribution in [0.3, 0.4) is 0 Å². The highest BCUT2D eigenvalue weighted by Gasteiger charge is 2.01. The number of nitrogens with one attached hydrogen (secondary N) is 1. The average molecular weight is 194 g/mol. The van der Waals surface area contributed by atoms with E-state index in [4.69, 9.17) is 11.6 Å². The summed E-state index contributed by atoms with van der Waals surface area (Å²) in [5.41, 5.74) is 1.55. The molecule has 0 saturated heterocycles. The van der Waals surface area contributed by atoms with Gasteiger partial charge in [-0.15, -0.1) is 0 Å². The van der Waals surface area contributed by atoms with E-state index in [1.165, 1.54) is 12.2 Å². The first kappa shape index (κ1) is 11.3. The molecule has 0 bridgehead atoms. The number of hydrogen-bond acceptors (Lipinski definition) is 2. The zero-order valence-electron chi connectivity index (χ0n) is 7.14. The van der Waals surface area contributed by atoms with Gasteiger partial charge in [-0.2, -0.15) is 11.8 Å². The summed E-state index contributed by atoms with van der Waals surface area (Å²) >= 11 is 7.25. The molecule has 0 radical (unpaired) electrons. The van der Waals surface area contributed by atoms with Gasteiger partial charge in [-0.05, 0) is 12.7 Å². The zero-order valence-corrected chi connectivity index (χ0v) is 8.71. The fraction of sp³-hybridized carbons (Fsp3) is 0.750. The Labute approximate surface area is 78.6 Å². The molecule has 1 unspecified atom stereocenters. The van der Waals surface area contributed by atoms with E-state index < -0.39 is 0 Å². The van der Waals surface area contributed by atoms with E-state index in [-0.39, 0.29) is 0 Å². The Kier molecular flexibility index (Phi) is 8.70. The Morgan fingerprint density at radius 1 is 1.64 bits per heavy atom. The molecular weight excluding hydrogens is 178 g/mol. The lowest BCUT2D eigenvalue weighted by molar-refractivity contribution is 0.575. The van der Waals surface area contributed by atoms with E-state index in [0.29, 0.717) is 6.04 Å². The van der Waals surface area contributed by atoms with Crippen molar-refractivity contribution in [3.8, 4) is 0 Å². The van der Waals surface area contributed by atoms with Crippen molar-refractivity contribution in [2.45, 2.75) is 19.4 Å². The molecule has 0 aliphatic rings. The van der Waals surface area contributed by atoms with Crippen molar-refractivity contribution in [2.24, 2.45) is 0 Å². The van der Waals surface area contributed by atoms with Gasteiger partial charge in [0.25, 0.3) is 0 Å². The van der Waals surface area contributed by atoms with Gasteiger partial charge in [0.15, 0.2) is 0 Å². The summed E-state index contributed by atoms with van der Waals surface area (Å²) in [6, 6.07) is 0.623. The summed E-state index contributed by atoms with van der Waals surface area (Å²) in [5.74, 6) is 1.17. The minimum absolute atomic E-state index is 0.623. The topological polar surface area (TPSA) is 12.0 Å². The quantitative estimate of drug-likeness (QED) is 0.696. The van der Waals surface area contributed by atoms with E-state index in [1.807, 2.05) is 17.8 Å². The molecule has 0 spiro atoms. The maximum absolute atomic E-state index is 5.38. The average Bonchev–Trinajstić information content (AvgIpc) is 2.03. The number of halogens is 1. The molecule has 1 nitrogen and oxygen atoms in total. The Bertz CT molecular complexity index is 106. The Hall–Kier alpha value is 0.340. The van der Waals surface area contributed by atoms with Crippen LogP contribution in [-0.4, -0.2) is 24.6 Å². The Morgan fingerprint density at radius 3 is 2.82 bits per heavy atom. The molecule has 0 heterocycles. The van der Waals surface area contributed by atoms with E-state index in [2.05, 4.69) is 18.5 Å². The molecule has 0 aromatic carbocycles. The van der Waals surface area contributed by atoms with Crippen molar-refractivity contribution in [1.29, 1.82) is 0 Å². The summed E-state index contributed by atoms with van der Waals surface area (Å²) in [7, 11) is 0. The van der Waals surface area contributed by atoms with Crippen molar-refractivity contribution < 1.29 is 0 Å². The van der Waals surface area contributed by atoms with Gasteiger partial charge in [0.05, 0.1) is 0 Å². The molecule has 0 saturated carbocycles. The SMILES string of the molecule is CCC(CSC)NC/C=C/Cl. The van der Waals surface area contributed by atoms with Crippen LogP contribution in [-0.2, 0) is 0 Å². The van der Waals surface area contributed by atoms with Crippen LogP contribution in [0.5, 0.6) is 0 Å². The van der Waals surface area contributed by atoms with Crippen molar-refractivity contribution in [1.82, 2.24) is 5.32 Å². The standard InChI is InChI=1S/C8H16ClNS/c1-3-8(7-11-2)10-6-4-5-9/h4-5,8,10H,3,6-7H2,1-2H3/b5-4+. The molecule has 66 valence electrons. The largest absolute Gasteiger partial charge is 0.310 e. The summed E-state index contributed by atoms with van der Waals surface area (Å²) < 4.78 is 0. The molecule has 0 aromatic heterocycles. The minimum atomic E-state index is 0.623. The van der Waals surface area contributed by atoms with E-state index in [9.17, 15) is 0 Å². The molecular formula is C8H16ClNS. The number of hydrogen-bond donors (Lipinski definition) is 1. The zero-order chi connectivity index (χ0) is 8.53. The summed E-state index contributed by atoms with van der Waals surface area (Å²) in [6.07, 6.45) is 5.23. The molecule has 0 fully saturated rings. The summed E-state index contributed by atoms with van der Waals surface area (Å²) in [4.78, 5) is 0. The molecule has 3 heteroatoms. The maximum Gasteiger partial charge on any atom is 0.0158 e. The van der Waals surface area contributed by atoms with Crippen LogP contribution in [0, 0.1) is 0 Å². The van der Waals surface area contributed by atoms with Gasteiger partial charge < -0.3 is 5.32 Å². The van der Waals surface area contributed by atoms with Gasteiger partial charge in [0.2, 0.25) is 0 Å². The molecule has 11 heavy (non-hydrogen) atoms. The first-order valence-electron chi connectivity index (χ1n) is 3.82. The predicted molar refractivity (Wildman–Crippen MR) is 55.5 cm³/mol. The summed E-state index contributed by atoms with van der Waals surface area (Å²) in [5, 5.41) is 3.38. The minimum Gasteiger partial charge on any atom is -0.310 e. The fourth-order valence-corrected chi connectivity index (χ4v) is 1.65. The third-order valence-electron chi connectivity index (χ3n) is 1.47. The fourth-order valence-electron chi connectivity index (χ4n) is 0.802. The molecule has 1 atom stereocenters. The lowest BCUT2D eigenvalue weighted by Gasteiger charge is -2.13. The smallest absolute Gasteiger partial charge is 0.0158 e. The molecule has 1 N–H and O–H groups in total. The molecule has 0 aliphatic heterocycles. The van der Waals surface area contributed by atoms with Crippen LogP contribution >= 0.6 is 23.4 Å². The van der Waals surface area contributed by atoms with Gasteiger partial charge in [0, 0.05) is 23.9 Å². The maximum atomic E-state index is 5.38. The normalized spacial score (nSPS) is 14.1. The summed E-state index contributed by atoms with van der Waals surface area (Å²) in [6.45, 7) is 3.07. The second kappa shape index (κ2) is 8.44. The monoisotopic (exact) mass is 193 g/mol. The lowest BCUT2D eigenvalue weighted by atomic mass is 10.2. The third-order valence-corrected chi connectivity index (χ3v) is 2.39. The van der Waals surface area contributed by atoms with Crippen molar-refractivity contribution >= 4 is 23.4 Å². The number of rotatable bonds is 6. The van der Waals surface area contributed by atoms with Crippen LogP contribution in [0.15, 0.2) is 11.6 Å². The first-order chi connectivity index (χ1) is 5.35. The molecule has 0 amide bonds. The van der Waals surface area contributed by atoms with E-state index in [0.717, 1.165) is 6.54 Å². The molecule has 0 rings (SSSR count). The second-order valence-corrected chi connectivity index (χ2v) is 3.49. The van der Waals surface area contributed by atoms with Crippen molar-refractivity contribution in [2.75, 3.05) is 18.6 Å². The van der Waals surface area contributed by atoms with Crippen LogP contribution < -0.4 is 5.32 Å². The van der Waals surface area contributed by atoms with Crippen LogP contribution in [0.2, 0.25) is 0 Å². The van der Waals surface area contributed by atoms with Gasteiger partial charge in [-0.3, -0.25) is 0 Å². The van der Waals surface area contributed by atoms with E-state index >= 15 is 0 Å². The highest BCUT2D eigenvalue weighted by atomic mass is 35.5. The highest BCUT2D eigenvalue weighted by molar-refractivity contribution is 7.98. The van der Waals surface area contributed by atoms with Crippen LogP contribution in [0.1, 0.15) is 13.3 Å². The van der Waals surface area contributed by atoms with Crippen molar-refractivity contribution in [3.05, 3.63) is 11.6 Å². The van der Waals surface area contributed by atoms with Gasteiger partial charge in [-0.1, -0.05) is 24.6 Å². The number of thioether (sulfide) groups is 1. The van der Waals surface area contributed by atoms with Gasteiger partial charge in [0.1, 0.15) is 0 Å². The third kappa shape index (κ3) is 6.73. The highest BCUT2D eigenvalue weighted by Crippen LogP contribution is 2.00. The van der Waals surface area contributed by atoms with Crippen LogP contribution in [0.4, 0.5) is 0 Å². The van der Waals surface area contributed by atoms with Crippen molar-refractivity contribution in [3.63, 3.8) is 0 Å².